The number of nitrogens with zero attached hydrogens (tertiary/aromatic N) is 1. The van der Waals surface area contributed by atoms with Gasteiger partial charge in [-0.3, -0.25) is 38.4 Å². The number of carbonyl (C=O) groups is 9. The number of ether oxygens (including phenoxy) is 1. The van der Waals surface area contributed by atoms with Gasteiger partial charge in [0, 0.05) is 36.9 Å². The number of carbonyl (C=O) groups excluding carboxylic acids is 9. The van der Waals surface area contributed by atoms with Crippen molar-refractivity contribution in [1.82, 2.24) is 41.9 Å². The van der Waals surface area contributed by atoms with E-state index in [4.69, 9.17) is 21.9 Å². The first-order valence-electron chi connectivity index (χ1n) is 23.7. The molecule has 0 radical (unpaired) electrons. The maximum atomic E-state index is 14.4. The molecule has 0 spiro atoms. The summed E-state index contributed by atoms with van der Waals surface area (Å²) in [5.74, 6) is -8.35. The highest BCUT2D eigenvalue weighted by atomic mass is 32.1. The van der Waals surface area contributed by atoms with Crippen molar-refractivity contribution in [2.45, 2.75) is 135 Å². The zero-order valence-electron chi connectivity index (χ0n) is 41.5. The van der Waals surface area contributed by atoms with Crippen LogP contribution in [0.4, 0.5) is 0 Å². The summed E-state index contributed by atoms with van der Waals surface area (Å²) in [5, 5.41) is 25.7. The third-order valence-corrected chi connectivity index (χ3v) is 11.5. The lowest BCUT2D eigenvalue weighted by molar-refractivity contribution is -0.157. The van der Waals surface area contributed by atoms with E-state index in [2.05, 4.69) is 54.5 Å². The van der Waals surface area contributed by atoms with Gasteiger partial charge in [-0.05, 0) is 66.7 Å². The first-order valence-corrected chi connectivity index (χ1v) is 24.4. The highest BCUT2D eigenvalue weighted by Crippen LogP contribution is 2.15. The van der Waals surface area contributed by atoms with Crippen molar-refractivity contribution in [3.05, 3.63) is 83.9 Å². The van der Waals surface area contributed by atoms with Gasteiger partial charge < -0.3 is 63.9 Å². The molecule has 394 valence electrons. The van der Waals surface area contributed by atoms with E-state index in [0.717, 1.165) is 0 Å². The summed E-state index contributed by atoms with van der Waals surface area (Å²) >= 11 is 4.03. The van der Waals surface area contributed by atoms with Crippen LogP contribution in [0.5, 0.6) is 5.75 Å². The average molecular weight is 1020 g/mol. The fourth-order valence-corrected chi connectivity index (χ4v) is 7.62. The monoisotopic (exact) mass is 1020 g/mol. The second kappa shape index (κ2) is 29.4. The molecule has 8 atom stereocenters. The number of nitrogens with two attached hydrogens (primary N) is 3. The van der Waals surface area contributed by atoms with E-state index in [0.29, 0.717) is 16.8 Å². The number of phenolic OH excluding ortho intramolecular Hbond substituents is 1. The molecule has 1 aromatic heterocycles. The number of hydrogen-bond donors (Lipinski definition) is 12. The van der Waals surface area contributed by atoms with E-state index in [-0.39, 0.29) is 68.3 Å². The Morgan fingerprint density at radius 1 is 0.639 bits per heavy atom. The number of nitrogens with one attached hydrogen (secondary N) is 7. The van der Waals surface area contributed by atoms with Crippen LogP contribution in [0.25, 0.3) is 0 Å². The molecule has 22 nitrogen and oxygen atoms in total. The molecule has 72 heavy (non-hydrogen) atoms. The van der Waals surface area contributed by atoms with Gasteiger partial charge in [0.25, 0.3) is 5.91 Å². The molecule has 14 N–H and O–H groups in total. The van der Waals surface area contributed by atoms with Gasteiger partial charge in [0.05, 0.1) is 12.4 Å². The Balaban J connectivity index is 1.89. The minimum Gasteiger partial charge on any atom is -0.508 e. The molecule has 0 bridgehead atoms. The maximum Gasteiger partial charge on any atom is 0.329 e. The van der Waals surface area contributed by atoms with Gasteiger partial charge in [0.15, 0.2) is 6.10 Å². The molecule has 2 aromatic carbocycles. The molecular weight excluding hydrogens is 951 g/mol. The number of hydrogen-bond acceptors (Lipinski definition) is 14. The summed E-state index contributed by atoms with van der Waals surface area (Å²) in [6, 6.07) is 5.74. The van der Waals surface area contributed by atoms with Crippen molar-refractivity contribution >= 4 is 65.9 Å². The van der Waals surface area contributed by atoms with E-state index < -0.39 is 108 Å². The number of rotatable bonds is 30. The van der Waals surface area contributed by atoms with Crippen molar-refractivity contribution in [3.8, 4) is 5.75 Å². The molecule has 0 saturated heterocycles. The zero-order chi connectivity index (χ0) is 53.7. The topological polar surface area (TPSA) is 362 Å². The summed E-state index contributed by atoms with van der Waals surface area (Å²) < 4.78 is 5.28. The molecule has 0 aliphatic carbocycles. The van der Waals surface area contributed by atoms with E-state index in [9.17, 15) is 48.3 Å². The molecule has 0 aliphatic heterocycles. The Morgan fingerprint density at radius 3 is 1.71 bits per heavy atom. The van der Waals surface area contributed by atoms with E-state index in [1.807, 2.05) is 27.7 Å². The molecule has 0 aliphatic rings. The number of benzene rings is 2. The smallest absolute Gasteiger partial charge is 0.329 e. The summed E-state index contributed by atoms with van der Waals surface area (Å²) in [4.78, 5) is 128. The Bertz CT molecular complexity index is 2280. The number of imidazole rings is 1. The molecule has 0 fully saturated rings. The van der Waals surface area contributed by atoms with Crippen LogP contribution in [-0.2, 0) is 67.2 Å². The third-order valence-electron chi connectivity index (χ3n) is 11.2. The van der Waals surface area contributed by atoms with Gasteiger partial charge in [-0.2, -0.15) is 12.6 Å². The van der Waals surface area contributed by atoms with Crippen LogP contribution < -0.4 is 49.1 Å². The van der Waals surface area contributed by atoms with E-state index >= 15 is 0 Å². The number of aromatic hydroxyl groups is 1. The minimum absolute atomic E-state index is 0.0157. The standard InChI is InChI=1S/C49H71N11O11S/c1-26(2)18-35(45(66)59-38(19-27(3)4)49(70)71-39(24-72)42(52)63)56-46(67)36(21-29-10-8-7-9-11-29)58-48(69)41(28(5)6)60-47(68)37(22-31-23-53-25-54-31)57-44(65)34(16-17-40(51)62)55-43(64)33(50)20-30-12-14-32(61)15-13-30/h7-15,23,25-28,33-39,41,61,72H,16-22,24,50H2,1-6H3,(H2,51,62)(H2,52,63)(H,53,54)(H,55,64)(H,56,67)(H,57,65)(H,58,69)(H,59,66)(H,60,68)/t33-,34-,35-,36-,37-,38-,39?,41-/m0/s1. The average Bonchev–Trinajstić information content (AvgIpc) is 3.83. The van der Waals surface area contributed by atoms with E-state index in [1.54, 1.807) is 56.3 Å². The molecule has 3 aromatic rings. The minimum atomic E-state index is -1.40. The SMILES string of the molecule is CC(C)C[C@H](NC(=O)[C@H](Cc1ccccc1)NC(=O)[C@@H](NC(=O)[C@H](Cc1cnc[nH]1)NC(=O)[C@H](CCC(N)=O)NC(=O)[C@@H](N)Cc1ccc(O)cc1)C(C)C)C(=O)N[C@@H](CC(C)C)C(=O)OC(CS)C(N)=O. The second-order valence-electron chi connectivity index (χ2n) is 18.8. The number of esters is 1. The van der Waals surface area contributed by atoms with Crippen molar-refractivity contribution in [2.24, 2.45) is 35.0 Å². The lowest BCUT2D eigenvalue weighted by Crippen LogP contribution is -2.61. The zero-order valence-corrected chi connectivity index (χ0v) is 42.4. The summed E-state index contributed by atoms with van der Waals surface area (Å²) in [7, 11) is 0. The lowest BCUT2D eigenvalue weighted by atomic mass is 9.98. The summed E-state index contributed by atoms with van der Waals surface area (Å²) in [6.45, 7) is 10.6. The molecule has 3 rings (SSSR count). The van der Waals surface area contributed by atoms with Crippen molar-refractivity contribution in [3.63, 3.8) is 0 Å². The first-order chi connectivity index (χ1) is 34.0. The number of H-pyrrole nitrogens is 1. The van der Waals surface area contributed by atoms with E-state index in [1.165, 1.54) is 24.7 Å². The number of aromatic amines is 1. The summed E-state index contributed by atoms with van der Waals surface area (Å²) in [6.07, 6.45) is 0.917. The number of phenols is 1. The number of aromatic nitrogens is 2. The molecule has 23 heteroatoms. The molecular formula is C49H71N11O11S. The van der Waals surface area contributed by atoms with Crippen LogP contribution in [0, 0.1) is 17.8 Å². The molecule has 8 amide bonds. The number of thiol groups is 1. The van der Waals surface area contributed by atoms with Crippen molar-refractivity contribution in [1.29, 1.82) is 0 Å². The highest BCUT2D eigenvalue weighted by Gasteiger charge is 2.36. The van der Waals surface area contributed by atoms with Gasteiger partial charge in [0.2, 0.25) is 41.4 Å². The fourth-order valence-electron chi connectivity index (χ4n) is 7.36. The lowest BCUT2D eigenvalue weighted by Gasteiger charge is -2.29. The Labute approximate surface area is 424 Å². The Morgan fingerprint density at radius 2 is 1.15 bits per heavy atom. The van der Waals surface area contributed by atoms with Crippen LogP contribution in [0.2, 0.25) is 0 Å². The normalized spacial score (nSPS) is 14.6. The highest BCUT2D eigenvalue weighted by molar-refractivity contribution is 7.80. The first kappa shape index (κ1) is 59.3. The largest absolute Gasteiger partial charge is 0.508 e. The Hall–Kier alpha value is -7.01. The van der Waals surface area contributed by atoms with Gasteiger partial charge in [-0.15, -0.1) is 0 Å². The molecule has 1 unspecified atom stereocenters. The molecule has 0 saturated carbocycles. The predicted octanol–water partition coefficient (Wildman–Crippen LogP) is -0.280. The van der Waals surface area contributed by atoms with Gasteiger partial charge >= 0.3 is 5.97 Å². The third kappa shape index (κ3) is 20.4. The number of amides is 8. The van der Waals surface area contributed by atoms with Crippen LogP contribution >= 0.6 is 12.6 Å². The summed E-state index contributed by atoms with van der Waals surface area (Å²) in [5.41, 5.74) is 18.6. The van der Waals surface area contributed by atoms with Crippen LogP contribution in [0.3, 0.4) is 0 Å². The maximum absolute atomic E-state index is 14.4. The number of primary amides is 2. The van der Waals surface area contributed by atoms with Crippen LogP contribution in [0.1, 0.15) is 84.0 Å². The van der Waals surface area contributed by atoms with Crippen molar-refractivity contribution < 1.29 is 53.0 Å². The predicted molar refractivity (Wildman–Crippen MR) is 269 cm³/mol. The van der Waals surface area contributed by atoms with Gasteiger partial charge in [0.1, 0.15) is 42.0 Å². The second-order valence-corrected chi connectivity index (χ2v) is 19.1. The van der Waals surface area contributed by atoms with Crippen LogP contribution in [-0.4, -0.2) is 122 Å². The Kier molecular flexibility index (Phi) is 24.2. The molecule has 1 heterocycles. The van der Waals surface area contributed by atoms with Gasteiger partial charge in [-0.1, -0.05) is 84.0 Å². The van der Waals surface area contributed by atoms with Gasteiger partial charge in [-0.25, -0.2) is 9.78 Å². The quantitative estimate of drug-likeness (QED) is 0.0302. The van der Waals surface area contributed by atoms with Crippen LogP contribution in [0.15, 0.2) is 67.1 Å². The van der Waals surface area contributed by atoms with Crippen molar-refractivity contribution in [2.75, 3.05) is 5.75 Å². The fraction of sp³-hybridized carbons (Fsp3) is 0.510.